The Morgan fingerprint density at radius 1 is 1.53 bits per heavy atom. The number of esters is 1. The number of hydrogen-bond acceptors (Lipinski definition) is 4. The first-order valence-corrected chi connectivity index (χ1v) is 5.21. The van der Waals surface area contributed by atoms with E-state index < -0.39 is 23.8 Å². The Bertz CT molecular complexity index is 422. The van der Waals surface area contributed by atoms with Crippen molar-refractivity contribution in [2.24, 2.45) is 0 Å². The van der Waals surface area contributed by atoms with Gasteiger partial charge in [0, 0.05) is 10.7 Å². The van der Waals surface area contributed by atoms with Crippen LogP contribution in [0.3, 0.4) is 0 Å². The molecular weight excluding hydrogens is 307 g/mol. The predicted octanol–water partition coefficient (Wildman–Crippen LogP) is 2.92. The number of carbonyl (C=O) groups is 1. The highest BCUT2D eigenvalue weighted by Gasteiger charge is 2.34. The molecule has 1 aromatic rings. The molecule has 0 radical (unpaired) electrons. The van der Waals surface area contributed by atoms with Crippen molar-refractivity contribution in [3.8, 4) is 5.88 Å². The molecule has 1 heterocycles. The quantitative estimate of drug-likeness (QED) is 0.805. The van der Waals surface area contributed by atoms with Crippen LogP contribution in [0, 0.1) is 0 Å². The fraction of sp³-hybridized carbons (Fsp3) is 0.333. The SMILES string of the molecule is CCOC(=O)c1cc(Br)cnc1OC(F)(F)F. The van der Waals surface area contributed by atoms with Crippen LogP contribution in [0.15, 0.2) is 16.7 Å². The molecule has 1 aromatic heterocycles. The van der Waals surface area contributed by atoms with Crippen molar-refractivity contribution in [2.75, 3.05) is 6.61 Å². The molecule has 0 amide bonds. The number of halogens is 4. The number of ether oxygens (including phenoxy) is 2. The van der Waals surface area contributed by atoms with E-state index in [4.69, 9.17) is 0 Å². The second kappa shape index (κ2) is 5.35. The number of rotatable bonds is 3. The van der Waals surface area contributed by atoms with Crippen molar-refractivity contribution >= 4 is 21.9 Å². The minimum atomic E-state index is -4.91. The molecule has 94 valence electrons. The number of carbonyl (C=O) groups excluding carboxylic acids is 1. The molecule has 0 aliphatic heterocycles. The molecule has 0 aliphatic carbocycles. The summed E-state index contributed by atoms with van der Waals surface area (Å²) in [6.45, 7) is 1.57. The molecule has 8 heteroatoms. The standard InChI is InChI=1S/C9H7BrF3NO3/c1-2-16-8(15)6-3-5(10)4-14-7(6)17-9(11,12)13/h3-4H,2H2,1H3. The third-order valence-corrected chi connectivity index (χ3v) is 1.96. The lowest BCUT2D eigenvalue weighted by Crippen LogP contribution is -2.20. The molecule has 0 aromatic carbocycles. The lowest BCUT2D eigenvalue weighted by atomic mass is 10.3. The van der Waals surface area contributed by atoms with Gasteiger partial charge in [-0.25, -0.2) is 9.78 Å². The summed E-state index contributed by atoms with van der Waals surface area (Å²) in [6, 6.07) is 1.14. The summed E-state index contributed by atoms with van der Waals surface area (Å²) in [5, 5.41) is 0. The zero-order valence-corrected chi connectivity index (χ0v) is 10.1. The van der Waals surface area contributed by atoms with Crippen LogP contribution in [0.4, 0.5) is 13.2 Å². The van der Waals surface area contributed by atoms with E-state index in [0.29, 0.717) is 4.47 Å². The monoisotopic (exact) mass is 313 g/mol. The van der Waals surface area contributed by atoms with E-state index >= 15 is 0 Å². The zero-order chi connectivity index (χ0) is 13.1. The van der Waals surface area contributed by atoms with Crippen molar-refractivity contribution in [2.45, 2.75) is 13.3 Å². The first kappa shape index (κ1) is 13.8. The molecule has 0 spiro atoms. The molecule has 0 unspecified atom stereocenters. The van der Waals surface area contributed by atoms with Crippen molar-refractivity contribution in [3.63, 3.8) is 0 Å². The van der Waals surface area contributed by atoms with E-state index in [-0.39, 0.29) is 6.61 Å². The van der Waals surface area contributed by atoms with Crippen molar-refractivity contribution in [1.29, 1.82) is 0 Å². The highest BCUT2D eigenvalue weighted by Crippen LogP contribution is 2.26. The molecule has 0 N–H and O–H groups in total. The number of nitrogens with zero attached hydrogens (tertiary/aromatic N) is 1. The molecule has 17 heavy (non-hydrogen) atoms. The van der Waals surface area contributed by atoms with Gasteiger partial charge in [0.15, 0.2) is 0 Å². The Morgan fingerprint density at radius 2 is 2.18 bits per heavy atom. The summed E-state index contributed by atoms with van der Waals surface area (Å²) >= 11 is 2.99. The second-order valence-electron chi connectivity index (χ2n) is 2.77. The summed E-state index contributed by atoms with van der Waals surface area (Å²) < 4.78 is 44.7. The summed E-state index contributed by atoms with van der Waals surface area (Å²) in [6.07, 6.45) is -3.83. The van der Waals surface area contributed by atoms with Gasteiger partial charge >= 0.3 is 12.3 Å². The Labute approximate surface area is 103 Å². The average Bonchev–Trinajstić information content (AvgIpc) is 2.19. The number of hydrogen-bond donors (Lipinski definition) is 0. The normalized spacial score (nSPS) is 11.1. The lowest BCUT2D eigenvalue weighted by molar-refractivity contribution is -0.276. The minimum absolute atomic E-state index is 0.0385. The van der Waals surface area contributed by atoms with Crippen molar-refractivity contribution in [3.05, 3.63) is 22.3 Å². The van der Waals surface area contributed by atoms with Crippen LogP contribution in [-0.2, 0) is 4.74 Å². The maximum absolute atomic E-state index is 12.0. The van der Waals surface area contributed by atoms with E-state index in [1.807, 2.05) is 0 Å². The summed E-state index contributed by atoms with van der Waals surface area (Å²) in [5.41, 5.74) is -0.390. The van der Waals surface area contributed by atoms with Crippen LogP contribution < -0.4 is 4.74 Å². The topological polar surface area (TPSA) is 48.4 Å². The first-order chi connectivity index (χ1) is 7.83. The average molecular weight is 314 g/mol. The second-order valence-corrected chi connectivity index (χ2v) is 3.69. The highest BCUT2D eigenvalue weighted by atomic mass is 79.9. The van der Waals surface area contributed by atoms with Gasteiger partial charge in [-0.1, -0.05) is 0 Å². The van der Waals surface area contributed by atoms with E-state index in [1.165, 1.54) is 6.92 Å². The molecule has 0 atom stereocenters. The fourth-order valence-corrected chi connectivity index (χ4v) is 1.30. The molecule has 4 nitrogen and oxygen atoms in total. The van der Waals surface area contributed by atoms with E-state index in [9.17, 15) is 18.0 Å². The Morgan fingerprint density at radius 3 is 2.71 bits per heavy atom. The van der Waals surface area contributed by atoms with Crippen LogP contribution in [0.25, 0.3) is 0 Å². The maximum Gasteiger partial charge on any atom is 0.574 e. The Hall–Kier alpha value is -1.31. The highest BCUT2D eigenvalue weighted by molar-refractivity contribution is 9.10. The van der Waals surface area contributed by atoms with Gasteiger partial charge in [-0.05, 0) is 28.9 Å². The van der Waals surface area contributed by atoms with E-state index in [2.05, 4.69) is 30.4 Å². The first-order valence-electron chi connectivity index (χ1n) is 4.42. The number of alkyl halides is 3. The van der Waals surface area contributed by atoms with Crippen LogP contribution in [0.2, 0.25) is 0 Å². The summed E-state index contributed by atoms with van der Waals surface area (Å²) in [5.74, 6) is -1.76. The molecule has 0 bridgehead atoms. The van der Waals surface area contributed by atoms with Gasteiger partial charge in [-0.3, -0.25) is 0 Å². The Kier molecular flexibility index (Phi) is 4.33. The van der Waals surface area contributed by atoms with Gasteiger partial charge in [-0.2, -0.15) is 0 Å². The van der Waals surface area contributed by atoms with Crippen LogP contribution >= 0.6 is 15.9 Å². The molecule has 0 fully saturated rings. The van der Waals surface area contributed by atoms with Crippen LogP contribution in [0.5, 0.6) is 5.88 Å². The van der Waals surface area contributed by atoms with E-state index in [1.54, 1.807) is 0 Å². The van der Waals surface area contributed by atoms with Gasteiger partial charge in [0.2, 0.25) is 5.88 Å². The third-order valence-electron chi connectivity index (χ3n) is 1.53. The number of pyridine rings is 1. The zero-order valence-electron chi connectivity index (χ0n) is 8.55. The van der Waals surface area contributed by atoms with Gasteiger partial charge < -0.3 is 9.47 Å². The maximum atomic E-state index is 12.0. The van der Waals surface area contributed by atoms with Crippen LogP contribution in [-0.4, -0.2) is 23.9 Å². The molecule has 0 saturated carbocycles. The molecular formula is C9H7BrF3NO3. The third kappa shape index (κ3) is 4.22. The summed E-state index contributed by atoms with van der Waals surface area (Å²) in [7, 11) is 0. The van der Waals surface area contributed by atoms with Crippen molar-refractivity contribution < 1.29 is 27.4 Å². The van der Waals surface area contributed by atoms with Gasteiger partial charge in [0.05, 0.1) is 6.61 Å². The smallest absolute Gasteiger partial charge is 0.462 e. The molecule has 0 saturated heterocycles. The fourth-order valence-electron chi connectivity index (χ4n) is 0.973. The van der Waals surface area contributed by atoms with Gasteiger partial charge in [0.1, 0.15) is 5.56 Å². The van der Waals surface area contributed by atoms with Gasteiger partial charge in [-0.15, -0.1) is 13.2 Å². The Balaban J connectivity index is 3.08. The predicted molar refractivity (Wildman–Crippen MR) is 54.6 cm³/mol. The number of aromatic nitrogens is 1. The minimum Gasteiger partial charge on any atom is -0.462 e. The summed E-state index contributed by atoms with van der Waals surface area (Å²) in [4.78, 5) is 14.8. The van der Waals surface area contributed by atoms with E-state index in [0.717, 1.165) is 12.3 Å². The lowest BCUT2D eigenvalue weighted by Gasteiger charge is -2.11. The van der Waals surface area contributed by atoms with Gasteiger partial charge in [0.25, 0.3) is 0 Å². The van der Waals surface area contributed by atoms with Crippen LogP contribution in [0.1, 0.15) is 17.3 Å². The molecule has 1 rings (SSSR count). The largest absolute Gasteiger partial charge is 0.574 e. The molecule has 0 aliphatic rings. The van der Waals surface area contributed by atoms with Crippen molar-refractivity contribution in [1.82, 2.24) is 4.98 Å².